The predicted octanol–water partition coefficient (Wildman–Crippen LogP) is -1.26. The lowest BCUT2D eigenvalue weighted by molar-refractivity contribution is -0.134. The lowest BCUT2D eigenvalue weighted by Gasteiger charge is -2.29. The molecule has 1 unspecified atom stereocenters. The molecule has 3 amide bonds. The van der Waals surface area contributed by atoms with Gasteiger partial charge >= 0.3 is 6.03 Å². The first-order chi connectivity index (χ1) is 11.5. The summed E-state index contributed by atoms with van der Waals surface area (Å²) < 4.78 is 1.18. The molecule has 0 spiro atoms. The van der Waals surface area contributed by atoms with E-state index in [0.717, 1.165) is 31.9 Å². The summed E-state index contributed by atoms with van der Waals surface area (Å²) in [5.41, 5.74) is 0.879. The highest BCUT2D eigenvalue weighted by Crippen LogP contribution is 2.12. The quantitative estimate of drug-likeness (QED) is 0.504. The van der Waals surface area contributed by atoms with Gasteiger partial charge in [0, 0.05) is 38.8 Å². The first-order valence-electron chi connectivity index (χ1n) is 7.92. The molecule has 9 heteroatoms. The molecule has 1 atom stereocenters. The second kappa shape index (κ2) is 6.83. The number of imide groups is 1. The fourth-order valence-corrected chi connectivity index (χ4v) is 2.82. The highest BCUT2D eigenvalue weighted by molar-refractivity contribution is 6.01. The number of pyridine rings is 1. The zero-order valence-electron chi connectivity index (χ0n) is 13.2. The maximum absolute atomic E-state index is 12.4. The number of piperazine rings is 1. The molecule has 0 saturated carbocycles. The Kier molecular flexibility index (Phi) is 4.61. The summed E-state index contributed by atoms with van der Waals surface area (Å²) in [5.74, 6) is -0.843. The highest BCUT2D eigenvalue weighted by atomic mass is 16.2. The summed E-state index contributed by atoms with van der Waals surface area (Å²) in [5, 5.41) is 16.0. The number of carbonyl (C=O) groups excluding carboxylic acids is 3. The average Bonchev–Trinajstić information content (AvgIpc) is 2.58. The first-order valence-corrected chi connectivity index (χ1v) is 7.92. The van der Waals surface area contributed by atoms with Gasteiger partial charge in [-0.3, -0.25) is 24.9 Å². The number of amides is 3. The van der Waals surface area contributed by atoms with Gasteiger partial charge in [-0.25, -0.2) is 4.79 Å². The largest absolute Gasteiger partial charge is 0.368 e. The Morgan fingerprint density at radius 3 is 2.71 bits per heavy atom. The van der Waals surface area contributed by atoms with E-state index < -0.39 is 18.0 Å². The average molecular weight is 332 g/mol. The number of carbonyl (C=O) groups is 3. The fraction of sp³-hybridized carbons (Fsp3) is 0.467. The van der Waals surface area contributed by atoms with Gasteiger partial charge in [-0.15, -0.1) is 0 Å². The van der Waals surface area contributed by atoms with Crippen molar-refractivity contribution in [2.45, 2.75) is 18.9 Å². The summed E-state index contributed by atoms with van der Waals surface area (Å²) >= 11 is 0. The van der Waals surface area contributed by atoms with Crippen LogP contribution < -0.4 is 26.3 Å². The van der Waals surface area contributed by atoms with Crippen LogP contribution in [0.5, 0.6) is 0 Å². The molecule has 2 saturated heterocycles. The Morgan fingerprint density at radius 2 is 2.00 bits per heavy atom. The van der Waals surface area contributed by atoms with E-state index in [1.807, 2.05) is 6.07 Å². The zero-order valence-corrected chi connectivity index (χ0v) is 13.2. The molecule has 0 bridgehead atoms. The van der Waals surface area contributed by atoms with Crippen molar-refractivity contribution >= 4 is 23.5 Å². The lowest BCUT2D eigenvalue weighted by atomic mass is 10.1. The number of piperidine rings is 1. The number of nitrogens with one attached hydrogen (secondary N) is 4. The minimum atomic E-state index is -0.759. The molecule has 1 aromatic heterocycles. The van der Waals surface area contributed by atoms with E-state index in [-0.39, 0.29) is 24.2 Å². The Balaban J connectivity index is 1.75. The maximum Gasteiger partial charge on any atom is 0.327 e. The van der Waals surface area contributed by atoms with E-state index in [1.54, 1.807) is 12.3 Å². The van der Waals surface area contributed by atoms with Crippen LogP contribution in [0.2, 0.25) is 0 Å². The van der Waals surface area contributed by atoms with Crippen LogP contribution in [0.15, 0.2) is 18.3 Å². The van der Waals surface area contributed by atoms with Crippen molar-refractivity contribution in [3.05, 3.63) is 23.8 Å². The van der Waals surface area contributed by atoms with Crippen molar-refractivity contribution in [1.29, 1.82) is 5.41 Å². The molecule has 128 valence electrons. The van der Waals surface area contributed by atoms with Crippen LogP contribution in [-0.2, 0) is 9.59 Å². The Bertz CT molecular complexity index is 722. The van der Waals surface area contributed by atoms with Gasteiger partial charge in [0.15, 0.2) is 0 Å². The molecule has 2 aliphatic heterocycles. The van der Waals surface area contributed by atoms with E-state index in [2.05, 4.69) is 20.9 Å². The van der Waals surface area contributed by atoms with E-state index in [1.165, 1.54) is 4.57 Å². The van der Waals surface area contributed by atoms with Crippen molar-refractivity contribution in [1.82, 2.24) is 20.5 Å². The normalized spacial score (nSPS) is 21.3. The molecule has 3 rings (SSSR count). The van der Waals surface area contributed by atoms with Crippen LogP contribution in [0.25, 0.3) is 0 Å². The second-order valence-corrected chi connectivity index (χ2v) is 5.83. The van der Waals surface area contributed by atoms with E-state index in [0.29, 0.717) is 0 Å². The molecule has 2 fully saturated rings. The molecule has 2 aliphatic rings. The van der Waals surface area contributed by atoms with Gasteiger partial charge in [0.1, 0.15) is 11.5 Å². The standard InChI is InChI=1S/C15H20N6O3/c16-12-3-1-10(20-7-5-17-6-8-20)9-21(12)15(24)18-11-2-4-13(22)19-14(11)23/h1,3,9,11,16-17H,2,4-8H2,(H,18,24)(H,19,22,23). The summed E-state index contributed by atoms with van der Waals surface area (Å²) in [6.07, 6.45) is 2.06. The number of hydrogen-bond acceptors (Lipinski definition) is 6. The molecular formula is C15H20N6O3. The Hall–Kier alpha value is -2.68. The van der Waals surface area contributed by atoms with Crippen molar-refractivity contribution in [2.75, 3.05) is 31.1 Å². The molecule has 4 N–H and O–H groups in total. The van der Waals surface area contributed by atoms with Crippen LogP contribution in [0.3, 0.4) is 0 Å². The zero-order chi connectivity index (χ0) is 17.1. The van der Waals surface area contributed by atoms with Gasteiger partial charge in [0.25, 0.3) is 0 Å². The third kappa shape index (κ3) is 3.46. The molecule has 0 radical (unpaired) electrons. The molecule has 9 nitrogen and oxygen atoms in total. The summed E-state index contributed by atoms with van der Waals surface area (Å²) in [4.78, 5) is 37.5. The lowest BCUT2D eigenvalue weighted by Crippen LogP contribution is -2.54. The second-order valence-electron chi connectivity index (χ2n) is 5.83. The number of hydrogen-bond donors (Lipinski definition) is 4. The first kappa shape index (κ1) is 16.2. The maximum atomic E-state index is 12.4. The molecule has 0 aliphatic carbocycles. The van der Waals surface area contributed by atoms with Crippen molar-refractivity contribution in [3.8, 4) is 0 Å². The SMILES string of the molecule is N=c1ccc(N2CCNCC2)cn1C(=O)NC1CCC(=O)NC1=O. The minimum absolute atomic E-state index is 0.0266. The topological polar surface area (TPSA) is 119 Å². The van der Waals surface area contributed by atoms with Gasteiger partial charge in [-0.05, 0) is 18.6 Å². The van der Waals surface area contributed by atoms with Crippen LogP contribution in [0.1, 0.15) is 12.8 Å². The summed E-state index contributed by atoms with van der Waals surface area (Å²) in [6.45, 7) is 3.38. The number of anilines is 1. The van der Waals surface area contributed by atoms with Gasteiger partial charge in [-0.1, -0.05) is 0 Å². The predicted molar refractivity (Wildman–Crippen MR) is 85.5 cm³/mol. The third-order valence-corrected chi connectivity index (χ3v) is 4.17. The fourth-order valence-electron chi connectivity index (χ4n) is 2.82. The smallest absolute Gasteiger partial charge is 0.327 e. The summed E-state index contributed by atoms with van der Waals surface area (Å²) in [7, 11) is 0. The highest BCUT2D eigenvalue weighted by Gasteiger charge is 2.28. The van der Waals surface area contributed by atoms with Gasteiger partial charge in [-0.2, -0.15) is 0 Å². The van der Waals surface area contributed by atoms with Crippen molar-refractivity contribution in [3.63, 3.8) is 0 Å². The minimum Gasteiger partial charge on any atom is -0.368 e. The van der Waals surface area contributed by atoms with Crippen LogP contribution in [0, 0.1) is 5.41 Å². The summed E-state index contributed by atoms with van der Waals surface area (Å²) in [6, 6.07) is 2.06. The monoisotopic (exact) mass is 332 g/mol. The van der Waals surface area contributed by atoms with E-state index in [4.69, 9.17) is 5.41 Å². The molecule has 24 heavy (non-hydrogen) atoms. The Labute approximate surface area is 138 Å². The number of nitrogens with zero attached hydrogens (tertiary/aromatic N) is 2. The van der Waals surface area contributed by atoms with Gasteiger partial charge < -0.3 is 15.5 Å². The number of rotatable bonds is 2. The van der Waals surface area contributed by atoms with Gasteiger partial charge in [0.05, 0.1) is 5.69 Å². The third-order valence-electron chi connectivity index (χ3n) is 4.17. The van der Waals surface area contributed by atoms with Crippen LogP contribution in [-0.4, -0.2) is 54.6 Å². The van der Waals surface area contributed by atoms with E-state index >= 15 is 0 Å². The van der Waals surface area contributed by atoms with Crippen molar-refractivity contribution < 1.29 is 14.4 Å². The van der Waals surface area contributed by atoms with Gasteiger partial charge in [0.2, 0.25) is 11.8 Å². The van der Waals surface area contributed by atoms with Crippen LogP contribution in [0.4, 0.5) is 10.5 Å². The molecule has 3 heterocycles. The Morgan fingerprint density at radius 1 is 1.25 bits per heavy atom. The molecule has 0 aromatic carbocycles. The van der Waals surface area contributed by atoms with Crippen molar-refractivity contribution in [2.24, 2.45) is 0 Å². The van der Waals surface area contributed by atoms with Crippen LogP contribution >= 0.6 is 0 Å². The number of aromatic nitrogens is 1. The molecule has 1 aromatic rings. The molecular weight excluding hydrogens is 312 g/mol. The van der Waals surface area contributed by atoms with E-state index in [9.17, 15) is 14.4 Å².